The lowest BCUT2D eigenvalue weighted by Gasteiger charge is -2.24. The van der Waals surface area contributed by atoms with Crippen LogP contribution in [0.4, 0.5) is 13.2 Å². The molecule has 3 N–H and O–H groups in total. The van der Waals surface area contributed by atoms with Crippen LogP contribution in [0.5, 0.6) is 5.75 Å². The average Bonchev–Trinajstić information content (AvgIpc) is 2.37. The summed E-state index contributed by atoms with van der Waals surface area (Å²) in [7, 11) is 0. The second-order valence-electron chi connectivity index (χ2n) is 4.64. The van der Waals surface area contributed by atoms with Crippen LogP contribution >= 0.6 is 24.0 Å². The third kappa shape index (κ3) is 5.90. The summed E-state index contributed by atoms with van der Waals surface area (Å²) < 4.78 is 40.1. The molecule has 8 heteroatoms. The fourth-order valence-electron chi connectivity index (χ4n) is 1.72. The van der Waals surface area contributed by atoms with Crippen molar-refractivity contribution in [3.63, 3.8) is 0 Å². The Morgan fingerprint density at radius 2 is 1.95 bits per heavy atom. The van der Waals surface area contributed by atoms with Crippen LogP contribution in [0.3, 0.4) is 0 Å². The molecule has 0 bridgehead atoms. The first-order chi connectivity index (χ1) is 9.15. The summed E-state index contributed by atoms with van der Waals surface area (Å²) in [6.07, 6.45) is -4.87. The van der Waals surface area contributed by atoms with E-state index >= 15 is 0 Å². The van der Waals surface area contributed by atoms with E-state index in [4.69, 9.17) is 17.3 Å². The van der Waals surface area contributed by atoms with E-state index in [1.807, 2.05) is 13.8 Å². The van der Waals surface area contributed by atoms with Gasteiger partial charge in [-0.15, -0.1) is 25.6 Å². The van der Waals surface area contributed by atoms with Gasteiger partial charge < -0.3 is 15.6 Å². The second-order valence-corrected chi connectivity index (χ2v) is 5.05. The van der Waals surface area contributed by atoms with Crippen LogP contribution in [-0.4, -0.2) is 17.6 Å². The largest absolute Gasteiger partial charge is 0.573 e. The number of aliphatic hydroxyl groups excluding tert-OH is 1. The van der Waals surface area contributed by atoms with Gasteiger partial charge in [-0.3, -0.25) is 0 Å². The normalized spacial score (nSPS) is 15.8. The van der Waals surface area contributed by atoms with E-state index in [9.17, 15) is 18.3 Å². The van der Waals surface area contributed by atoms with Gasteiger partial charge in [0.2, 0.25) is 0 Å². The van der Waals surface area contributed by atoms with Crippen molar-refractivity contribution in [1.29, 1.82) is 0 Å². The quantitative estimate of drug-likeness (QED) is 0.844. The van der Waals surface area contributed by atoms with Gasteiger partial charge in [0.1, 0.15) is 5.75 Å². The number of hydrogen-bond acceptors (Lipinski definition) is 3. The average molecular weight is 348 g/mol. The minimum absolute atomic E-state index is 0. The molecule has 21 heavy (non-hydrogen) atoms. The Hall–Kier alpha value is -0.690. The van der Waals surface area contributed by atoms with E-state index in [-0.39, 0.29) is 23.3 Å². The SMILES string of the molecule is CCC(C)[C@H](O)[C@H](N)c1ccc(OC(F)(F)F)c(Cl)c1.Cl. The number of alkyl halides is 3. The summed E-state index contributed by atoms with van der Waals surface area (Å²) in [6, 6.07) is 3.01. The van der Waals surface area contributed by atoms with E-state index in [0.717, 1.165) is 12.5 Å². The van der Waals surface area contributed by atoms with Gasteiger partial charge in [-0.2, -0.15) is 0 Å². The summed E-state index contributed by atoms with van der Waals surface area (Å²) in [5, 5.41) is 9.80. The smallest absolute Gasteiger partial charge is 0.404 e. The van der Waals surface area contributed by atoms with Gasteiger partial charge in [-0.05, 0) is 23.6 Å². The Morgan fingerprint density at radius 3 is 2.38 bits per heavy atom. The molecule has 0 aliphatic carbocycles. The molecule has 0 fully saturated rings. The van der Waals surface area contributed by atoms with E-state index in [0.29, 0.717) is 5.56 Å². The molecule has 122 valence electrons. The standard InChI is InChI=1S/C13H17ClF3NO2.ClH/c1-3-7(2)12(19)11(18)8-4-5-10(9(14)6-8)20-13(15,16)17;/h4-7,11-12,19H,3,18H2,1-2H3;1H/t7?,11-,12+;/m1./s1. The van der Waals surface area contributed by atoms with Gasteiger partial charge in [0, 0.05) is 0 Å². The molecule has 0 radical (unpaired) electrons. The monoisotopic (exact) mass is 347 g/mol. The van der Waals surface area contributed by atoms with Crippen molar-refractivity contribution in [2.24, 2.45) is 11.7 Å². The zero-order chi connectivity index (χ0) is 15.5. The Kier molecular flexibility index (Phi) is 7.81. The number of rotatable bonds is 5. The first-order valence-corrected chi connectivity index (χ1v) is 6.52. The molecule has 1 unspecified atom stereocenters. The number of ether oxygens (including phenoxy) is 1. The van der Waals surface area contributed by atoms with Gasteiger partial charge in [0.05, 0.1) is 17.2 Å². The third-order valence-electron chi connectivity index (χ3n) is 3.16. The van der Waals surface area contributed by atoms with Crippen LogP contribution in [0.25, 0.3) is 0 Å². The number of halogens is 5. The molecule has 1 aromatic rings. The molecule has 0 saturated heterocycles. The van der Waals surface area contributed by atoms with Crippen molar-refractivity contribution in [1.82, 2.24) is 0 Å². The summed E-state index contributed by atoms with van der Waals surface area (Å²) >= 11 is 5.74. The van der Waals surface area contributed by atoms with Gasteiger partial charge in [-0.25, -0.2) is 0 Å². The van der Waals surface area contributed by atoms with Gasteiger partial charge in [0.25, 0.3) is 0 Å². The highest BCUT2D eigenvalue weighted by Crippen LogP contribution is 2.33. The molecule has 1 rings (SSSR count). The molecule has 0 aliphatic heterocycles. The van der Waals surface area contributed by atoms with E-state index in [1.54, 1.807) is 0 Å². The van der Waals surface area contributed by atoms with Crippen molar-refractivity contribution >= 4 is 24.0 Å². The first kappa shape index (κ1) is 20.3. The number of aliphatic hydroxyl groups is 1. The van der Waals surface area contributed by atoms with Crippen LogP contribution in [0.2, 0.25) is 5.02 Å². The Morgan fingerprint density at radius 1 is 1.38 bits per heavy atom. The van der Waals surface area contributed by atoms with Crippen LogP contribution in [0.1, 0.15) is 31.9 Å². The van der Waals surface area contributed by atoms with Crippen molar-refractivity contribution in [3.05, 3.63) is 28.8 Å². The van der Waals surface area contributed by atoms with E-state index in [2.05, 4.69) is 4.74 Å². The highest BCUT2D eigenvalue weighted by molar-refractivity contribution is 6.32. The minimum Gasteiger partial charge on any atom is -0.404 e. The summed E-state index contributed by atoms with van der Waals surface area (Å²) in [6.45, 7) is 3.75. The Labute approximate surface area is 132 Å². The third-order valence-corrected chi connectivity index (χ3v) is 3.46. The second kappa shape index (κ2) is 8.08. The van der Waals surface area contributed by atoms with Gasteiger partial charge in [0.15, 0.2) is 0 Å². The number of nitrogens with two attached hydrogens (primary N) is 1. The van der Waals surface area contributed by atoms with Crippen molar-refractivity contribution < 1.29 is 23.0 Å². The molecule has 3 atom stereocenters. The van der Waals surface area contributed by atoms with E-state index < -0.39 is 24.3 Å². The van der Waals surface area contributed by atoms with Gasteiger partial charge >= 0.3 is 6.36 Å². The van der Waals surface area contributed by atoms with Crippen LogP contribution in [0, 0.1) is 5.92 Å². The molecule has 1 aromatic carbocycles. The number of benzene rings is 1. The maximum absolute atomic E-state index is 12.1. The lowest BCUT2D eigenvalue weighted by Crippen LogP contribution is -2.31. The maximum atomic E-state index is 12.1. The Bertz CT molecular complexity index is 458. The van der Waals surface area contributed by atoms with E-state index in [1.165, 1.54) is 12.1 Å². The topological polar surface area (TPSA) is 55.5 Å². The molecular weight excluding hydrogens is 330 g/mol. The van der Waals surface area contributed by atoms with Crippen molar-refractivity contribution in [2.75, 3.05) is 0 Å². The highest BCUT2D eigenvalue weighted by Gasteiger charge is 2.32. The molecular formula is C13H18Cl2F3NO2. The van der Waals surface area contributed by atoms with Crippen molar-refractivity contribution in [3.8, 4) is 5.75 Å². The van der Waals surface area contributed by atoms with Crippen LogP contribution in [0.15, 0.2) is 18.2 Å². The lowest BCUT2D eigenvalue weighted by atomic mass is 9.91. The summed E-state index contributed by atoms with van der Waals surface area (Å²) in [4.78, 5) is 0. The molecule has 0 aromatic heterocycles. The predicted molar refractivity (Wildman–Crippen MR) is 77.8 cm³/mol. The molecule has 0 heterocycles. The molecule has 3 nitrogen and oxygen atoms in total. The van der Waals surface area contributed by atoms with Crippen LogP contribution < -0.4 is 10.5 Å². The number of hydrogen-bond donors (Lipinski definition) is 2. The van der Waals surface area contributed by atoms with Gasteiger partial charge in [-0.1, -0.05) is 37.9 Å². The lowest BCUT2D eigenvalue weighted by molar-refractivity contribution is -0.274. The fourth-order valence-corrected chi connectivity index (χ4v) is 1.95. The predicted octanol–water partition coefficient (Wildman–Crippen LogP) is 4.07. The molecule has 0 spiro atoms. The van der Waals surface area contributed by atoms with Crippen LogP contribution in [-0.2, 0) is 0 Å². The molecule has 0 aliphatic rings. The zero-order valence-electron chi connectivity index (χ0n) is 11.5. The minimum atomic E-state index is -4.80. The highest BCUT2D eigenvalue weighted by atomic mass is 35.5. The first-order valence-electron chi connectivity index (χ1n) is 6.14. The zero-order valence-corrected chi connectivity index (χ0v) is 13.1. The van der Waals surface area contributed by atoms with Crippen molar-refractivity contribution in [2.45, 2.75) is 38.8 Å². The maximum Gasteiger partial charge on any atom is 0.573 e. The summed E-state index contributed by atoms with van der Waals surface area (Å²) in [5.74, 6) is -0.525. The Balaban J connectivity index is 0.00000400. The fraction of sp³-hybridized carbons (Fsp3) is 0.538. The summed E-state index contributed by atoms with van der Waals surface area (Å²) in [5.41, 5.74) is 6.35. The molecule has 0 saturated carbocycles. The molecule has 0 amide bonds.